The molecule has 0 radical (unpaired) electrons. The first-order valence-electron chi connectivity index (χ1n) is 6.48. The number of aryl methyl sites for hydroxylation is 1. The van der Waals surface area contributed by atoms with E-state index < -0.39 is 11.7 Å². The van der Waals surface area contributed by atoms with Gasteiger partial charge in [-0.1, -0.05) is 40.2 Å². The summed E-state index contributed by atoms with van der Waals surface area (Å²) in [5.41, 5.74) is 1.44. The van der Waals surface area contributed by atoms with Crippen LogP contribution in [0.4, 0.5) is 18.9 Å². The molecule has 0 aliphatic carbocycles. The monoisotopic (exact) mass is 357 g/mol. The minimum atomic E-state index is -4.39. The topological polar surface area (TPSA) is 12.0 Å². The summed E-state index contributed by atoms with van der Waals surface area (Å²) in [6, 6.07) is 11.6. The lowest BCUT2D eigenvalue weighted by atomic mass is 10.0. The van der Waals surface area contributed by atoms with Gasteiger partial charge in [0.25, 0.3) is 0 Å². The van der Waals surface area contributed by atoms with E-state index >= 15 is 0 Å². The average Bonchev–Trinajstić information content (AvgIpc) is 2.40. The van der Waals surface area contributed by atoms with Crippen LogP contribution in [-0.2, 0) is 6.18 Å². The van der Waals surface area contributed by atoms with Crippen molar-refractivity contribution in [2.75, 3.05) is 5.32 Å². The van der Waals surface area contributed by atoms with E-state index in [9.17, 15) is 13.2 Å². The van der Waals surface area contributed by atoms with Crippen LogP contribution >= 0.6 is 15.9 Å². The van der Waals surface area contributed by atoms with Crippen LogP contribution in [0.5, 0.6) is 0 Å². The zero-order chi connectivity index (χ0) is 15.6. The van der Waals surface area contributed by atoms with Gasteiger partial charge in [-0.15, -0.1) is 0 Å². The smallest absolute Gasteiger partial charge is 0.378 e. The van der Waals surface area contributed by atoms with Crippen LogP contribution < -0.4 is 5.32 Å². The first-order chi connectivity index (χ1) is 9.79. The molecule has 0 aliphatic heterocycles. The van der Waals surface area contributed by atoms with Crippen LogP contribution in [0.25, 0.3) is 0 Å². The lowest BCUT2D eigenvalue weighted by Gasteiger charge is -2.21. The third-order valence-electron chi connectivity index (χ3n) is 3.31. The maximum absolute atomic E-state index is 13.1. The van der Waals surface area contributed by atoms with Crippen molar-refractivity contribution in [3.63, 3.8) is 0 Å². The van der Waals surface area contributed by atoms with Crippen molar-refractivity contribution in [3.05, 3.63) is 63.6 Å². The molecule has 0 saturated carbocycles. The highest BCUT2D eigenvalue weighted by Crippen LogP contribution is 2.38. The number of halogens is 4. The number of hydrogen-bond donors (Lipinski definition) is 1. The number of anilines is 1. The van der Waals surface area contributed by atoms with Gasteiger partial charge in [0.05, 0.1) is 5.56 Å². The molecular weight excluding hydrogens is 343 g/mol. The van der Waals surface area contributed by atoms with Gasteiger partial charge in [-0.05, 0) is 43.2 Å². The molecule has 1 N–H and O–H groups in total. The van der Waals surface area contributed by atoms with Crippen molar-refractivity contribution in [2.45, 2.75) is 26.1 Å². The summed E-state index contributed by atoms with van der Waals surface area (Å²) in [5.74, 6) is 0. The van der Waals surface area contributed by atoms with E-state index in [1.807, 2.05) is 38.1 Å². The Kier molecular flexibility index (Phi) is 4.61. The lowest BCUT2D eigenvalue weighted by Crippen LogP contribution is -2.14. The van der Waals surface area contributed by atoms with Gasteiger partial charge in [0.1, 0.15) is 0 Å². The summed E-state index contributed by atoms with van der Waals surface area (Å²) in [5, 5.41) is 2.96. The van der Waals surface area contributed by atoms with E-state index in [1.165, 1.54) is 6.07 Å². The molecule has 0 heterocycles. The summed E-state index contributed by atoms with van der Waals surface area (Å²) >= 11 is 3.08. The highest BCUT2D eigenvalue weighted by molar-refractivity contribution is 9.10. The van der Waals surface area contributed by atoms with Crippen molar-refractivity contribution in [1.29, 1.82) is 0 Å². The molecular formula is C16H15BrF3N. The Bertz CT molecular complexity index is 638. The van der Waals surface area contributed by atoms with Gasteiger partial charge in [-0.3, -0.25) is 0 Å². The average molecular weight is 358 g/mol. The number of alkyl halides is 3. The molecule has 0 aromatic heterocycles. The Balaban J connectivity index is 2.34. The van der Waals surface area contributed by atoms with E-state index in [0.29, 0.717) is 4.47 Å². The fourth-order valence-electron chi connectivity index (χ4n) is 2.26. The summed E-state index contributed by atoms with van der Waals surface area (Å²) in [4.78, 5) is 0. The molecule has 112 valence electrons. The van der Waals surface area contributed by atoms with E-state index in [1.54, 1.807) is 6.07 Å². The summed E-state index contributed by atoms with van der Waals surface area (Å²) in [6.07, 6.45) is -4.39. The fourth-order valence-corrected chi connectivity index (χ4v) is 2.62. The molecule has 1 unspecified atom stereocenters. The summed E-state index contributed by atoms with van der Waals surface area (Å²) in [6.45, 7) is 3.80. The molecule has 5 heteroatoms. The molecule has 0 spiro atoms. The van der Waals surface area contributed by atoms with Crippen LogP contribution in [-0.4, -0.2) is 0 Å². The van der Waals surface area contributed by atoms with Crippen LogP contribution in [0.2, 0.25) is 0 Å². The van der Waals surface area contributed by atoms with E-state index in [4.69, 9.17) is 0 Å². The zero-order valence-electron chi connectivity index (χ0n) is 11.6. The normalized spacial score (nSPS) is 13.0. The van der Waals surface area contributed by atoms with E-state index in [-0.39, 0.29) is 11.7 Å². The third kappa shape index (κ3) is 3.79. The fraction of sp³-hybridized carbons (Fsp3) is 0.250. The maximum Gasteiger partial charge on any atom is 0.418 e. The first kappa shape index (κ1) is 15.9. The number of rotatable bonds is 3. The molecule has 21 heavy (non-hydrogen) atoms. The Morgan fingerprint density at radius 2 is 1.76 bits per heavy atom. The third-order valence-corrected chi connectivity index (χ3v) is 3.81. The summed E-state index contributed by atoms with van der Waals surface area (Å²) < 4.78 is 39.7. The van der Waals surface area contributed by atoms with Crippen molar-refractivity contribution in [3.8, 4) is 0 Å². The van der Waals surface area contributed by atoms with Crippen molar-refractivity contribution in [2.24, 2.45) is 0 Å². The highest BCUT2D eigenvalue weighted by atomic mass is 79.9. The molecule has 0 bridgehead atoms. The SMILES string of the molecule is Cc1ccccc1C(C)Nc1ccc(Br)cc1C(F)(F)F. The number of benzene rings is 2. The molecule has 2 aromatic carbocycles. The van der Waals surface area contributed by atoms with E-state index in [2.05, 4.69) is 21.2 Å². The van der Waals surface area contributed by atoms with Gasteiger partial charge in [-0.2, -0.15) is 13.2 Å². The highest BCUT2D eigenvalue weighted by Gasteiger charge is 2.34. The lowest BCUT2D eigenvalue weighted by molar-refractivity contribution is -0.137. The summed E-state index contributed by atoms with van der Waals surface area (Å²) in [7, 11) is 0. The molecule has 1 atom stereocenters. The Morgan fingerprint density at radius 1 is 1.10 bits per heavy atom. The number of nitrogens with one attached hydrogen (secondary N) is 1. The largest absolute Gasteiger partial charge is 0.418 e. The van der Waals surface area contributed by atoms with Gasteiger partial charge >= 0.3 is 6.18 Å². The van der Waals surface area contributed by atoms with Gasteiger partial charge in [0.15, 0.2) is 0 Å². The minimum absolute atomic E-state index is 0.0847. The van der Waals surface area contributed by atoms with Gasteiger partial charge < -0.3 is 5.32 Å². The molecule has 0 saturated heterocycles. The van der Waals surface area contributed by atoms with Gasteiger partial charge in [-0.25, -0.2) is 0 Å². The molecule has 2 aromatic rings. The van der Waals surface area contributed by atoms with Gasteiger partial charge in [0.2, 0.25) is 0 Å². The molecule has 0 amide bonds. The molecule has 0 aliphatic rings. The van der Waals surface area contributed by atoms with Crippen LogP contribution in [0.15, 0.2) is 46.9 Å². The first-order valence-corrected chi connectivity index (χ1v) is 7.27. The second-order valence-electron chi connectivity index (χ2n) is 4.91. The van der Waals surface area contributed by atoms with Crippen LogP contribution in [0.3, 0.4) is 0 Å². The zero-order valence-corrected chi connectivity index (χ0v) is 13.2. The standard InChI is InChI=1S/C16H15BrF3N/c1-10-5-3-4-6-13(10)11(2)21-15-8-7-12(17)9-14(15)16(18,19)20/h3-9,11,21H,1-2H3. The quantitative estimate of drug-likeness (QED) is 0.715. The maximum atomic E-state index is 13.1. The Labute approximate surface area is 130 Å². The van der Waals surface area contributed by atoms with Crippen molar-refractivity contribution >= 4 is 21.6 Å². The second-order valence-corrected chi connectivity index (χ2v) is 5.83. The minimum Gasteiger partial charge on any atom is -0.378 e. The molecule has 2 rings (SSSR count). The predicted octanol–water partition coefficient (Wildman–Crippen LogP) is 5.95. The molecule has 0 fully saturated rings. The second kappa shape index (κ2) is 6.10. The van der Waals surface area contributed by atoms with Gasteiger partial charge in [0, 0.05) is 16.2 Å². The van der Waals surface area contributed by atoms with Crippen LogP contribution in [0.1, 0.15) is 29.7 Å². The Hall–Kier alpha value is -1.49. The van der Waals surface area contributed by atoms with Crippen molar-refractivity contribution in [1.82, 2.24) is 0 Å². The van der Waals surface area contributed by atoms with Crippen LogP contribution in [0, 0.1) is 6.92 Å². The Morgan fingerprint density at radius 3 is 2.38 bits per heavy atom. The predicted molar refractivity (Wildman–Crippen MR) is 82.4 cm³/mol. The van der Waals surface area contributed by atoms with Crippen molar-refractivity contribution < 1.29 is 13.2 Å². The number of hydrogen-bond acceptors (Lipinski definition) is 1. The molecule has 1 nitrogen and oxygen atoms in total. The van der Waals surface area contributed by atoms with E-state index in [0.717, 1.165) is 17.2 Å².